The summed E-state index contributed by atoms with van der Waals surface area (Å²) in [5.74, 6) is 0.881. The zero-order valence-electron chi connectivity index (χ0n) is 12.0. The van der Waals surface area contributed by atoms with E-state index < -0.39 is 0 Å². The van der Waals surface area contributed by atoms with Crippen molar-refractivity contribution in [1.29, 1.82) is 0 Å². The maximum absolute atomic E-state index is 3.35. The molecule has 17 heavy (non-hydrogen) atoms. The molecule has 1 saturated carbocycles. The van der Waals surface area contributed by atoms with Crippen LogP contribution in [0.5, 0.6) is 0 Å². The van der Waals surface area contributed by atoms with Crippen LogP contribution < -0.4 is 5.32 Å². The standard InChI is InChI=1S/C15H30N2/c1-15(2)9-5-4-8-14(15)17-10-6-7-13(12-17)11-16-3/h13-14,16H,4-12H2,1-3H3. The van der Waals surface area contributed by atoms with Gasteiger partial charge in [0.1, 0.15) is 0 Å². The first-order chi connectivity index (χ1) is 8.13. The molecule has 2 unspecified atom stereocenters. The van der Waals surface area contributed by atoms with Gasteiger partial charge < -0.3 is 5.32 Å². The summed E-state index contributed by atoms with van der Waals surface area (Å²) in [4.78, 5) is 2.81. The van der Waals surface area contributed by atoms with Gasteiger partial charge in [0.2, 0.25) is 0 Å². The molecule has 0 aromatic heterocycles. The highest BCUT2D eigenvalue weighted by molar-refractivity contribution is 4.91. The number of rotatable bonds is 3. The molecule has 0 aromatic carbocycles. The lowest BCUT2D eigenvalue weighted by molar-refractivity contribution is 0.0202. The van der Waals surface area contributed by atoms with Gasteiger partial charge in [0, 0.05) is 12.6 Å². The molecule has 2 atom stereocenters. The lowest BCUT2D eigenvalue weighted by atomic mass is 9.72. The molecule has 1 N–H and O–H groups in total. The Bertz CT molecular complexity index is 235. The SMILES string of the molecule is CNCC1CCCN(C2CCCCC2(C)C)C1. The van der Waals surface area contributed by atoms with Crippen LogP contribution >= 0.6 is 0 Å². The zero-order chi connectivity index (χ0) is 12.3. The predicted molar refractivity (Wildman–Crippen MR) is 74.3 cm³/mol. The van der Waals surface area contributed by atoms with Crippen LogP contribution in [0.25, 0.3) is 0 Å². The lowest BCUT2D eigenvalue weighted by Crippen LogP contribution is -2.51. The minimum absolute atomic E-state index is 0.541. The summed E-state index contributed by atoms with van der Waals surface area (Å²) in [6.07, 6.45) is 8.56. The second-order valence-electron chi connectivity index (χ2n) is 6.81. The van der Waals surface area contributed by atoms with E-state index in [2.05, 4.69) is 31.1 Å². The van der Waals surface area contributed by atoms with E-state index in [0.717, 1.165) is 12.0 Å². The van der Waals surface area contributed by atoms with Gasteiger partial charge in [-0.25, -0.2) is 0 Å². The highest BCUT2D eigenvalue weighted by Crippen LogP contribution is 2.39. The Kier molecular flexibility index (Phi) is 4.48. The first kappa shape index (κ1) is 13.4. The number of hydrogen-bond acceptors (Lipinski definition) is 2. The molecule has 0 radical (unpaired) electrons. The molecule has 0 spiro atoms. The predicted octanol–water partition coefficient (Wildman–Crippen LogP) is 2.89. The average Bonchev–Trinajstić information content (AvgIpc) is 2.29. The normalized spacial score (nSPS) is 34.8. The molecule has 1 saturated heterocycles. The van der Waals surface area contributed by atoms with Crippen molar-refractivity contribution in [2.75, 3.05) is 26.7 Å². The lowest BCUT2D eigenvalue weighted by Gasteiger charge is -2.48. The fourth-order valence-electron chi connectivity index (χ4n) is 3.99. The summed E-state index contributed by atoms with van der Waals surface area (Å²) in [6.45, 7) is 8.84. The second-order valence-corrected chi connectivity index (χ2v) is 6.81. The zero-order valence-corrected chi connectivity index (χ0v) is 12.0. The van der Waals surface area contributed by atoms with Gasteiger partial charge in [0.05, 0.1) is 0 Å². The van der Waals surface area contributed by atoms with Crippen LogP contribution in [0.3, 0.4) is 0 Å². The average molecular weight is 238 g/mol. The number of piperidine rings is 1. The van der Waals surface area contributed by atoms with Crippen molar-refractivity contribution in [3.8, 4) is 0 Å². The van der Waals surface area contributed by atoms with Crippen LogP contribution in [0.1, 0.15) is 52.4 Å². The van der Waals surface area contributed by atoms with E-state index in [9.17, 15) is 0 Å². The summed E-state index contributed by atoms with van der Waals surface area (Å²) >= 11 is 0. The van der Waals surface area contributed by atoms with Crippen molar-refractivity contribution in [1.82, 2.24) is 10.2 Å². The third kappa shape index (κ3) is 3.23. The third-order valence-corrected chi connectivity index (χ3v) is 4.93. The number of hydrogen-bond donors (Lipinski definition) is 1. The van der Waals surface area contributed by atoms with Crippen molar-refractivity contribution in [2.45, 2.75) is 58.4 Å². The molecular weight excluding hydrogens is 208 g/mol. The maximum Gasteiger partial charge on any atom is 0.0146 e. The molecular formula is C15H30N2. The monoisotopic (exact) mass is 238 g/mol. The van der Waals surface area contributed by atoms with Gasteiger partial charge in [-0.1, -0.05) is 26.7 Å². The number of nitrogens with zero attached hydrogens (tertiary/aromatic N) is 1. The van der Waals surface area contributed by atoms with Gasteiger partial charge in [-0.3, -0.25) is 4.90 Å². The summed E-state index contributed by atoms with van der Waals surface area (Å²) in [5, 5.41) is 3.35. The molecule has 2 aliphatic rings. The fraction of sp³-hybridized carbons (Fsp3) is 1.00. The third-order valence-electron chi connectivity index (χ3n) is 4.93. The summed E-state index contributed by atoms with van der Waals surface area (Å²) < 4.78 is 0. The molecule has 2 heteroatoms. The summed E-state index contributed by atoms with van der Waals surface area (Å²) in [7, 11) is 2.09. The van der Waals surface area contributed by atoms with Crippen LogP contribution in [-0.4, -0.2) is 37.6 Å². The molecule has 0 bridgehead atoms. The van der Waals surface area contributed by atoms with Crippen LogP contribution in [-0.2, 0) is 0 Å². The molecule has 2 fully saturated rings. The maximum atomic E-state index is 3.35. The molecule has 1 aliphatic heterocycles. The minimum atomic E-state index is 0.541. The van der Waals surface area contributed by atoms with Crippen LogP contribution in [0.2, 0.25) is 0 Å². The second kappa shape index (κ2) is 5.71. The first-order valence-corrected chi connectivity index (χ1v) is 7.52. The Labute approximate surface area is 107 Å². The van der Waals surface area contributed by atoms with Crippen molar-refractivity contribution < 1.29 is 0 Å². The molecule has 1 aliphatic carbocycles. The van der Waals surface area contributed by atoms with Crippen LogP contribution in [0, 0.1) is 11.3 Å². The fourth-order valence-corrected chi connectivity index (χ4v) is 3.99. The van der Waals surface area contributed by atoms with Crippen molar-refractivity contribution in [2.24, 2.45) is 11.3 Å². The van der Waals surface area contributed by atoms with Gasteiger partial charge in [-0.2, -0.15) is 0 Å². The van der Waals surface area contributed by atoms with E-state index in [1.165, 1.54) is 58.2 Å². The Hall–Kier alpha value is -0.0800. The Morgan fingerprint density at radius 1 is 1.18 bits per heavy atom. The van der Waals surface area contributed by atoms with Crippen LogP contribution in [0.15, 0.2) is 0 Å². The number of nitrogens with one attached hydrogen (secondary N) is 1. The first-order valence-electron chi connectivity index (χ1n) is 7.52. The van der Waals surface area contributed by atoms with Gasteiger partial charge in [-0.15, -0.1) is 0 Å². The smallest absolute Gasteiger partial charge is 0.0146 e. The molecule has 2 rings (SSSR count). The topological polar surface area (TPSA) is 15.3 Å². The number of likely N-dealkylation sites (tertiary alicyclic amines) is 1. The molecule has 0 aromatic rings. The molecule has 1 heterocycles. The van der Waals surface area contributed by atoms with Crippen molar-refractivity contribution in [3.05, 3.63) is 0 Å². The Morgan fingerprint density at radius 3 is 2.71 bits per heavy atom. The molecule has 100 valence electrons. The van der Waals surface area contributed by atoms with Crippen molar-refractivity contribution in [3.63, 3.8) is 0 Å². The van der Waals surface area contributed by atoms with E-state index in [0.29, 0.717) is 5.41 Å². The van der Waals surface area contributed by atoms with Crippen LogP contribution in [0.4, 0.5) is 0 Å². The summed E-state index contributed by atoms with van der Waals surface area (Å²) in [6, 6.07) is 0.843. The van der Waals surface area contributed by atoms with E-state index in [4.69, 9.17) is 0 Å². The van der Waals surface area contributed by atoms with Gasteiger partial charge >= 0.3 is 0 Å². The molecule has 0 amide bonds. The van der Waals surface area contributed by atoms with E-state index >= 15 is 0 Å². The van der Waals surface area contributed by atoms with E-state index in [1.807, 2.05) is 0 Å². The highest BCUT2D eigenvalue weighted by atomic mass is 15.2. The van der Waals surface area contributed by atoms with E-state index in [1.54, 1.807) is 0 Å². The minimum Gasteiger partial charge on any atom is -0.319 e. The largest absolute Gasteiger partial charge is 0.319 e. The van der Waals surface area contributed by atoms with Gasteiger partial charge in [-0.05, 0) is 57.2 Å². The molecule has 2 nitrogen and oxygen atoms in total. The van der Waals surface area contributed by atoms with Crippen molar-refractivity contribution >= 4 is 0 Å². The Balaban J connectivity index is 1.95. The quantitative estimate of drug-likeness (QED) is 0.813. The Morgan fingerprint density at radius 2 is 2.00 bits per heavy atom. The van der Waals surface area contributed by atoms with E-state index in [-0.39, 0.29) is 0 Å². The highest BCUT2D eigenvalue weighted by Gasteiger charge is 2.37. The van der Waals surface area contributed by atoms with Gasteiger partial charge in [0.25, 0.3) is 0 Å². The van der Waals surface area contributed by atoms with Gasteiger partial charge in [0.15, 0.2) is 0 Å². The summed E-state index contributed by atoms with van der Waals surface area (Å²) in [5.41, 5.74) is 0.541.